The molecule has 0 spiro atoms. The number of nitrogens with zero attached hydrogens (tertiary/aromatic N) is 1. The summed E-state index contributed by atoms with van der Waals surface area (Å²) < 4.78 is 0. The Morgan fingerprint density at radius 1 is 1.42 bits per heavy atom. The van der Waals surface area contributed by atoms with Crippen LogP contribution in [-0.2, 0) is 4.79 Å². The fourth-order valence-electron chi connectivity index (χ4n) is 2.58. The van der Waals surface area contributed by atoms with Gasteiger partial charge in [0, 0.05) is 42.9 Å². The first kappa shape index (κ1) is 12.8. The molecule has 0 aliphatic carbocycles. The molecule has 1 aromatic carbocycles. The van der Waals surface area contributed by atoms with Crippen molar-refractivity contribution in [3.05, 3.63) is 29.3 Å². The first-order valence-electron chi connectivity index (χ1n) is 6.74. The molecular formula is C14H18ClN3O. The van der Waals surface area contributed by atoms with E-state index in [9.17, 15) is 4.79 Å². The average Bonchev–Trinajstić information content (AvgIpc) is 2.75. The minimum Gasteiger partial charge on any atom is -0.369 e. The van der Waals surface area contributed by atoms with Crippen molar-refractivity contribution in [3.63, 3.8) is 0 Å². The van der Waals surface area contributed by atoms with Crippen LogP contribution < -0.4 is 15.5 Å². The summed E-state index contributed by atoms with van der Waals surface area (Å²) in [6.07, 6.45) is 0.998. The maximum Gasteiger partial charge on any atom is 0.225 e. The zero-order valence-electron chi connectivity index (χ0n) is 10.7. The molecule has 5 heteroatoms. The van der Waals surface area contributed by atoms with E-state index in [1.54, 1.807) is 0 Å². The molecule has 0 bridgehead atoms. The van der Waals surface area contributed by atoms with Crippen LogP contribution in [0.4, 0.5) is 5.69 Å². The standard InChI is InChI=1S/C14H18ClN3O/c15-11-2-1-3-13(6-11)18-5-4-12(9-18)17-14(19)10-7-16-8-10/h1-3,6,10,12,16H,4-5,7-9H2,(H,17,19). The third-order valence-electron chi connectivity index (χ3n) is 3.86. The van der Waals surface area contributed by atoms with Gasteiger partial charge in [-0.25, -0.2) is 0 Å². The van der Waals surface area contributed by atoms with E-state index in [4.69, 9.17) is 11.6 Å². The monoisotopic (exact) mass is 279 g/mol. The zero-order valence-corrected chi connectivity index (χ0v) is 11.5. The highest BCUT2D eigenvalue weighted by Crippen LogP contribution is 2.23. The molecule has 2 aliphatic rings. The Kier molecular flexibility index (Phi) is 3.62. The van der Waals surface area contributed by atoms with Crippen LogP contribution in [0.1, 0.15) is 6.42 Å². The van der Waals surface area contributed by atoms with Gasteiger partial charge in [-0.05, 0) is 24.6 Å². The summed E-state index contributed by atoms with van der Waals surface area (Å²) in [6, 6.07) is 8.13. The number of nitrogens with one attached hydrogen (secondary N) is 2. The summed E-state index contributed by atoms with van der Waals surface area (Å²) >= 11 is 6.01. The van der Waals surface area contributed by atoms with Gasteiger partial charge >= 0.3 is 0 Å². The van der Waals surface area contributed by atoms with Crippen LogP contribution in [0.2, 0.25) is 5.02 Å². The molecule has 2 heterocycles. The van der Waals surface area contributed by atoms with Crippen molar-refractivity contribution in [2.24, 2.45) is 5.92 Å². The Bertz CT molecular complexity index is 476. The van der Waals surface area contributed by atoms with E-state index in [1.807, 2.05) is 18.2 Å². The zero-order chi connectivity index (χ0) is 13.2. The molecule has 2 fully saturated rings. The van der Waals surface area contributed by atoms with Crippen molar-refractivity contribution in [1.29, 1.82) is 0 Å². The molecule has 1 unspecified atom stereocenters. The number of anilines is 1. The van der Waals surface area contributed by atoms with Crippen molar-refractivity contribution in [1.82, 2.24) is 10.6 Å². The normalized spacial score (nSPS) is 23.2. The van der Waals surface area contributed by atoms with Crippen LogP contribution in [0, 0.1) is 5.92 Å². The van der Waals surface area contributed by atoms with E-state index >= 15 is 0 Å². The van der Waals surface area contributed by atoms with Crippen LogP contribution >= 0.6 is 11.6 Å². The van der Waals surface area contributed by atoms with Crippen LogP contribution in [0.25, 0.3) is 0 Å². The summed E-state index contributed by atoms with van der Waals surface area (Å²) in [7, 11) is 0. The summed E-state index contributed by atoms with van der Waals surface area (Å²) in [4.78, 5) is 14.2. The second-order valence-corrected chi connectivity index (χ2v) is 5.71. The average molecular weight is 280 g/mol. The second kappa shape index (κ2) is 5.39. The number of halogens is 1. The van der Waals surface area contributed by atoms with Crippen LogP contribution in [-0.4, -0.2) is 38.1 Å². The largest absolute Gasteiger partial charge is 0.369 e. The molecule has 0 aromatic heterocycles. The van der Waals surface area contributed by atoms with E-state index in [2.05, 4.69) is 21.6 Å². The third-order valence-corrected chi connectivity index (χ3v) is 4.10. The van der Waals surface area contributed by atoms with Gasteiger partial charge in [-0.15, -0.1) is 0 Å². The summed E-state index contributed by atoms with van der Waals surface area (Å²) in [5, 5.41) is 7.02. The molecule has 1 aromatic rings. The minimum atomic E-state index is 0.167. The molecule has 4 nitrogen and oxygen atoms in total. The summed E-state index contributed by atoms with van der Waals surface area (Å²) in [6.45, 7) is 3.47. The van der Waals surface area contributed by atoms with Gasteiger partial charge < -0.3 is 15.5 Å². The lowest BCUT2D eigenvalue weighted by Gasteiger charge is -2.27. The third kappa shape index (κ3) is 2.85. The maximum atomic E-state index is 11.9. The van der Waals surface area contributed by atoms with Crippen molar-refractivity contribution in [2.45, 2.75) is 12.5 Å². The molecular weight excluding hydrogens is 262 g/mol. The number of carbonyl (C=O) groups excluding carboxylic acids is 1. The lowest BCUT2D eigenvalue weighted by Crippen LogP contribution is -2.53. The molecule has 1 amide bonds. The Morgan fingerprint density at radius 2 is 2.26 bits per heavy atom. The van der Waals surface area contributed by atoms with E-state index in [1.165, 1.54) is 0 Å². The Hall–Kier alpha value is -1.26. The molecule has 2 saturated heterocycles. The van der Waals surface area contributed by atoms with Crippen LogP contribution in [0.3, 0.4) is 0 Å². The molecule has 3 rings (SSSR count). The van der Waals surface area contributed by atoms with Crippen LogP contribution in [0.5, 0.6) is 0 Å². The number of amides is 1. The Labute approximate surface area is 118 Å². The number of rotatable bonds is 3. The van der Waals surface area contributed by atoms with Gasteiger partial charge in [-0.2, -0.15) is 0 Å². The van der Waals surface area contributed by atoms with Gasteiger partial charge in [0.05, 0.1) is 5.92 Å². The van der Waals surface area contributed by atoms with Crippen molar-refractivity contribution in [3.8, 4) is 0 Å². The highest BCUT2D eigenvalue weighted by Gasteiger charge is 2.29. The lowest BCUT2D eigenvalue weighted by molar-refractivity contribution is -0.127. The SMILES string of the molecule is O=C(NC1CCN(c2cccc(Cl)c2)C1)C1CNC1. The summed E-state index contributed by atoms with van der Waals surface area (Å²) in [5.74, 6) is 0.358. The summed E-state index contributed by atoms with van der Waals surface area (Å²) in [5.41, 5.74) is 1.13. The van der Waals surface area contributed by atoms with E-state index in [-0.39, 0.29) is 17.9 Å². The lowest BCUT2D eigenvalue weighted by atomic mass is 10.0. The second-order valence-electron chi connectivity index (χ2n) is 5.28. The predicted octanol–water partition coefficient (Wildman–Crippen LogP) is 1.25. The highest BCUT2D eigenvalue weighted by atomic mass is 35.5. The van der Waals surface area contributed by atoms with Gasteiger partial charge in [0.25, 0.3) is 0 Å². The Balaban J connectivity index is 1.56. The molecule has 1 atom stereocenters. The van der Waals surface area contributed by atoms with Crippen molar-refractivity contribution in [2.75, 3.05) is 31.1 Å². The van der Waals surface area contributed by atoms with Gasteiger partial charge in [-0.3, -0.25) is 4.79 Å². The van der Waals surface area contributed by atoms with E-state index < -0.39 is 0 Å². The molecule has 19 heavy (non-hydrogen) atoms. The highest BCUT2D eigenvalue weighted by molar-refractivity contribution is 6.30. The van der Waals surface area contributed by atoms with Gasteiger partial charge in [0.1, 0.15) is 0 Å². The van der Waals surface area contributed by atoms with E-state index in [0.29, 0.717) is 0 Å². The molecule has 0 saturated carbocycles. The molecule has 102 valence electrons. The fourth-order valence-corrected chi connectivity index (χ4v) is 2.76. The number of hydrogen-bond acceptors (Lipinski definition) is 3. The van der Waals surface area contributed by atoms with E-state index in [0.717, 1.165) is 43.3 Å². The predicted molar refractivity (Wildman–Crippen MR) is 76.6 cm³/mol. The first-order chi connectivity index (χ1) is 9.22. The molecule has 2 aliphatic heterocycles. The topological polar surface area (TPSA) is 44.4 Å². The number of benzene rings is 1. The first-order valence-corrected chi connectivity index (χ1v) is 7.12. The molecule has 2 N–H and O–H groups in total. The smallest absolute Gasteiger partial charge is 0.225 e. The van der Waals surface area contributed by atoms with Gasteiger partial charge in [-0.1, -0.05) is 17.7 Å². The quantitative estimate of drug-likeness (QED) is 0.875. The maximum absolute atomic E-state index is 11.9. The minimum absolute atomic E-state index is 0.167. The van der Waals surface area contributed by atoms with Crippen molar-refractivity contribution >= 4 is 23.2 Å². The fraction of sp³-hybridized carbons (Fsp3) is 0.500. The van der Waals surface area contributed by atoms with Crippen LogP contribution in [0.15, 0.2) is 24.3 Å². The van der Waals surface area contributed by atoms with Gasteiger partial charge in [0.2, 0.25) is 5.91 Å². The number of carbonyl (C=O) groups is 1. The van der Waals surface area contributed by atoms with Gasteiger partial charge in [0.15, 0.2) is 0 Å². The molecule has 0 radical (unpaired) electrons. The number of hydrogen-bond donors (Lipinski definition) is 2. The Morgan fingerprint density at radius 3 is 2.95 bits per heavy atom. The van der Waals surface area contributed by atoms with Crippen molar-refractivity contribution < 1.29 is 4.79 Å².